The van der Waals surface area contributed by atoms with E-state index in [4.69, 9.17) is 4.74 Å². The lowest BCUT2D eigenvalue weighted by Gasteiger charge is -2.39. The molecule has 1 unspecified atom stereocenters. The molecular weight excluding hydrogens is 354 g/mol. The number of nitrogens with one attached hydrogen (secondary N) is 1. The van der Waals surface area contributed by atoms with Crippen LogP contribution in [0.5, 0.6) is 5.75 Å². The quantitative estimate of drug-likeness (QED) is 0.833. The second kappa shape index (κ2) is 7.57. The maximum Gasteiger partial charge on any atom is 0.268 e. The number of nitrogens with zero attached hydrogens (tertiary/aromatic N) is 2. The van der Waals surface area contributed by atoms with Crippen LogP contribution in [-0.4, -0.2) is 36.4 Å². The number of nitriles is 1. The van der Waals surface area contributed by atoms with Crippen molar-refractivity contribution in [2.45, 2.75) is 18.9 Å². The Kier molecular flexibility index (Phi) is 5.18. The fourth-order valence-electron chi connectivity index (χ4n) is 3.39. The number of benzene rings is 2. The van der Waals surface area contributed by atoms with Gasteiger partial charge in [0.2, 0.25) is 0 Å². The predicted octanol–water partition coefficient (Wildman–Crippen LogP) is 2.50. The van der Waals surface area contributed by atoms with Gasteiger partial charge in [0.15, 0.2) is 0 Å². The van der Waals surface area contributed by atoms with Crippen LogP contribution in [0.1, 0.15) is 23.6 Å². The highest BCUT2D eigenvalue weighted by atomic mass is 16.5. The number of piperazine rings is 1. The van der Waals surface area contributed by atoms with Crippen LogP contribution < -0.4 is 10.1 Å². The van der Waals surface area contributed by atoms with Crippen LogP contribution in [0.3, 0.4) is 0 Å². The van der Waals surface area contributed by atoms with Gasteiger partial charge in [0, 0.05) is 19.0 Å². The van der Waals surface area contributed by atoms with E-state index in [0.29, 0.717) is 23.3 Å². The summed E-state index contributed by atoms with van der Waals surface area (Å²) in [5, 5.41) is 12.2. The summed E-state index contributed by atoms with van der Waals surface area (Å²) in [6, 6.07) is 16.7. The Labute approximate surface area is 164 Å². The molecule has 142 valence electrons. The fraction of sp³-hybridized carbons (Fsp3) is 0.227. The summed E-state index contributed by atoms with van der Waals surface area (Å²) in [7, 11) is 3.06. The Bertz CT molecular complexity index is 992. The summed E-state index contributed by atoms with van der Waals surface area (Å²) in [6.07, 6.45) is 1.90. The Balaban J connectivity index is 1.98. The molecule has 6 heteroatoms. The number of methoxy groups -OCH3 is 1. The predicted molar refractivity (Wildman–Crippen MR) is 105 cm³/mol. The van der Waals surface area contributed by atoms with Gasteiger partial charge in [-0.3, -0.25) is 9.59 Å². The maximum atomic E-state index is 13.1. The summed E-state index contributed by atoms with van der Waals surface area (Å²) in [5.41, 5.74) is 0.887. The lowest BCUT2D eigenvalue weighted by molar-refractivity contribution is -0.143. The van der Waals surface area contributed by atoms with E-state index in [-0.39, 0.29) is 17.5 Å². The van der Waals surface area contributed by atoms with Gasteiger partial charge in [-0.05, 0) is 30.7 Å². The molecule has 0 saturated carbocycles. The van der Waals surface area contributed by atoms with Crippen molar-refractivity contribution in [1.82, 2.24) is 10.2 Å². The minimum absolute atomic E-state index is 0.163. The number of amides is 2. The van der Waals surface area contributed by atoms with E-state index in [0.717, 1.165) is 5.56 Å². The van der Waals surface area contributed by atoms with E-state index in [9.17, 15) is 14.9 Å². The van der Waals surface area contributed by atoms with Crippen LogP contribution >= 0.6 is 0 Å². The molecule has 2 aromatic carbocycles. The zero-order valence-electron chi connectivity index (χ0n) is 16.0. The zero-order chi connectivity index (χ0) is 20.3. The first-order chi connectivity index (χ1) is 13.4. The molecule has 1 saturated heterocycles. The third-order valence-corrected chi connectivity index (χ3v) is 4.85. The van der Waals surface area contributed by atoms with E-state index in [2.05, 4.69) is 11.4 Å². The van der Waals surface area contributed by atoms with Crippen LogP contribution in [0.4, 0.5) is 0 Å². The van der Waals surface area contributed by atoms with Crippen LogP contribution in [0.25, 0.3) is 6.08 Å². The first-order valence-electron chi connectivity index (χ1n) is 8.83. The van der Waals surface area contributed by atoms with Crippen LogP contribution in [0.15, 0.2) is 54.2 Å². The van der Waals surface area contributed by atoms with Crippen molar-refractivity contribution in [3.8, 4) is 11.8 Å². The summed E-state index contributed by atoms with van der Waals surface area (Å²) in [4.78, 5) is 27.3. The van der Waals surface area contributed by atoms with Crippen LogP contribution in [0.2, 0.25) is 0 Å². The molecule has 0 bridgehead atoms. The van der Waals surface area contributed by atoms with E-state index in [1.807, 2.05) is 30.3 Å². The van der Waals surface area contributed by atoms with Crippen molar-refractivity contribution in [2.24, 2.45) is 0 Å². The summed E-state index contributed by atoms with van der Waals surface area (Å²) in [6.45, 7) is 1.72. The number of likely N-dealkylation sites (N-methyl/N-ethyl adjacent to an activating group) is 1. The summed E-state index contributed by atoms with van der Waals surface area (Å²) in [5.74, 6) is -0.149. The first-order valence-corrected chi connectivity index (χ1v) is 8.83. The summed E-state index contributed by atoms with van der Waals surface area (Å²) < 4.78 is 5.32. The molecule has 1 N–H and O–H groups in total. The van der Waals surface area contributed by atoms with Crippen molar-refractivity contribution in [3.05, 3.63) is 70.9 Å². The van der Waals surface area contributed by atoms with Gasteiger partial charge in [-0.25, -0.2) is 0 Å². The van der Waals surface area contributed by atoms with Crippen molar-refractivity contribution in [1.29, 1.82) is 5.26 Å². The third-order valence-electron chi connectivity index (χ3n) is 4.85. The minimum atomic E-state index is -1.05. The van der Waals surface area contributed by atoms with E-state index in [1.54, 1.807) is 32.2 Å². The smallest absolute Gasteiger partial charge is 0.268 e. The topological polar surface area (TPSA) is 82.4 Å². The Morgan fingerprint density at radius 3 is 2.54 bits per heavy atom. The zero-order valence-corrected chi connectivity index (χ0v) is 16.0. The van der Waals surface area contributed by atoms with Crippen LogP contribution in [0, 0.1) is 11.3 Å². The highest BCUT2D eigenvalue weighted by molar-refractivity contribution is 6.09. The number of hydrogen-bond acceptors (Lipinski definition) is 4. The van der Waals surface area contributed by atoms with Gasteiger partial charge in [-0.15, -0.1) is 0 Å². The van der Waals surface area contributed by atoms with Gasteiger partial charge in [0.05, 0.1) is 18.7 Å². The number of carbonyl (C=O) groups excluding carboxylic acids is 2. The first kappa shape index (κ1) is 19.2. The lowest BCUT2D eigenvalue weighted by atomic mass is 9.88. The van der Waals surface area contributed by atoms with Crippen molar-refractivity contribution in [2.75, 3.05) is 14.2 Å². The second-order valence-corrected chi connectivity index (χ2v) is 6.88. The molecule has 1 fully saturated rings. The molecule has 0 aliphatic carbocycles. The lowest BCUT2D eigenvalue weighted by Crippen LogP contribution is -2.64. The van der Waals surface area contributed by atoms with Gasteiger partial charge in [0.1, 0.15) is 17.0 Å². The van der Waals surface area contributed by atoms with E-state index >= 15 is 0 Å². The molecule has 1 atom stereocenters. The number of hydrogen-bond donors (Lipinski definition) is 1. The minimum Gasteiger partial charge on any atom is -0.496 e. The number of rotatable bonds is 4. The molecule has 6 nitrogen and oxygen atoms in total. The third kappa shape index (κ3) is 3.47. The molecular formula is C22H21N3O3. The molecule has 0 aromatic heterocycles. The Morgan fingerprint density at radius 2 is 1.89 bits per heavy atom. The summed E-state index contributed by atoms with van der Waals surface area (Å²) >= 11 is 0. The van der Waals surface area contributed by atoms with Crippen molar-refractivity contribution in [3.63, 3.8) is 0 Å². The molecule has 3 rings (SSSR count). The monoisotopic (exact) mass is 375 g/mol. The SMILES string of the molecule is COc1cccc(C#N)c1/C=C1/C(=O)NC(C)(Cc2ccccc2)C(=O)N1C. The average Bonchev–Trinajstić information content (AvgIpc) is 2.70. The normalized spacial score (nSPS) is 20.6. The van der Waals surface area contributed by atoms with Gasteiger partial charge >= 0.3 is 0 Å². The molecule has 2 aromatic rings. The molecule has 2 amide bonds. The molecule has 28 heavy (non-hydrogen) atoms. The maximum absolute atomic E-state index is 13.1. The number of carbonyl (C=O) groups is 2. The van der Waals surface area contributed by atoms with Gasteiger partial charge in [0.25, 0.3) is 11.8 Å². The standard InChI is InChI=1S/C22H21N3O3/c1-22(13-15-8-5-4-6-9-15)21(27)25(2)18(20(26)24-22)12-17-16(14-23)10-7-11-19(17)28-3/h4-12H,13H2,1-3H3,(H,24,26)/b18-12-. The van der Waals surface area contributed by atoms with Gasteiger partial charge in [-0.2, -0.15) is 5.26 Å². The molecule has 1 aliphatic rings. The molecule has 0 spiro atoms. The highest BCUT2D eigenvalue weighted by Crippen LogP contribution is 2.29. The molecule has 1 heterocycles. The van der Waals surface area contributed by atoms with Crippen LogP contribution in [-0.2, 0) is 16.0 Å². The van der Waals surface area contributed by atoms with Crippen molar-refractivity contribution < 1.29 is 14.3 Å². The molecule has 1 aliphatic heterocycles. The van der Waals surface area contributed by atoms with Gasteiger partial charge < -0.3 is 15.0 Å². The average molecular weight is 375 g/mol. The van der Waals surface area contributed by atoms with E-state index < -0.39 is 5.54 Å². The fourth-order valence-corrected chi connectivity index (χ4v) is 3.39. The molecule has 0 radical (unpaired) electrons. The van der Waals surface area contributed by atoms with Crippen molar-refractivity contribution >= 4 is 17.9 Å². The van der Waals surface area contributed by atoms with E-state index in [1.165, 1.54) is 18.1 Å². The second-order valence-electron chi connectivity index (χ2n) is 6.88. The number of ether oxygens (including phenoxy) is 1. The Hall–Kier alpha value is -3.59. The Morgan fingerprint density at radius 1 is 1.18 bits per heavy atom. The van der Waals surface area contributed by atoms with Gasteiger partial charge in [-0.1, -0.05) is 36.4 Å². The highest BCUT2D eigenvalue weighted by Gasteiger charge is 2.44. The largest absolute Gasteiger partial charge is 0.496 e.